The molecule has 0 aliphatic rings. The minimum Gasteiger partial charge on any atom is -0.288 e. The summed E-state index contributed by atoms with van der Waals surface area (Å²) >= 11 is 1.19. The average molecular weight is 225 g/mol. The van der Waals surface area contributed by atoms with E-state index in [1.165, 1.54) is 24.9 Å². The summed E-state index contributed by atoms with van der Waals surface area (Å²) in [5.74, 6) is 0.0765. The van der Waals surface area contributed by atoms with E-state index in [-0.39, 0.29) is 5.12 Å². The average Bonchev–Trinajstić information content (AvgIpc) is 2.17. The number of rotatable bonds is 3. The van der Waals surface area contributed by atoms with Crippen molar-refractivity contribution in [2.75, 3.05) is 5.75 Å². The smallest absolute Gasteiger partial charge is 0.220 e. The van der Waals surface area contributed by atoms with E-state index in [4.69, 9.17) is 0 Å². The molecule has 1 aromatic heterocycles. The third-order valence-electron chi connectivity index (χ3n) is 1.68. The van der Waals surface area contributed by atoms with Crippen molar-refractivity contribution in [3.8, 4) is 0 Å². The standard InChI is InChI=1S/C11H12FNOS/c1-8-6-10(11(12)13-7-8)4-3-5-15-9(2)14/h3-4,6-7H,5H2,1-2H3. The van der Waals surface area contributed by atoms with Crippen LogP contribution in [0.15, 0.2) is 18.3 Å². The van der Waals surface area contributed by atoms with Gasteiger partial charge in [0.25, 0.3) is 0 Å². The summed E-state index contributed by atoms with van der Waals surface area (Å²) in [4.78, 5) is 14.2. The van der Waals surface area contributed by atoms with Gasteiger partial charge in [0.1, 0.15) is 0 Å². The predicted octanol–water partition coefficient (Wildman–Crippen LogP) is 2.82. The molecule has 0 aromatic carbocycles. The molecule has 0 atom stereocenters. The van der Waals surface area contributed by atoms with Crippen molar-refractivity contribution in [3.05, 3.63) is 35.4 Å². The topological polar surface area (TPSA) is 30.0 Å². The first kappa shape index (κ1) is 11.9. The Kier molecular flexibility index (Phi) is 4.49. The zero-order chi connectivity index (χ0) is 11.3. The fraction of sp³-hybridized carbons (Fsp3) is 0.273. The van der Waals surface area contributed by atoms with Crippen molar-refractivity contribution in [1.82, 2.24) is 4.98 Å². The molecule has 1 aromatic rings. The number of carbonyl (C=O) groups is 1. The van der Waals surface area contributed by atoms with E-state index in [9.17, 15) is 9.18 Å². The molecule has 0 aliphatic carbocycles. The predicted molar refractivity (Wildman–Crippen MR) is 61.1 cm³/mol. The van der Waals surface area contributed by atoms with Crippen LogP contribution in [0.2, 0.25) is 0 Å². The minimum atomic E-state index is -0.482. The molecular formula is C11H12FNOS. The second-order valence-corrected chi connectivity index (χ2v) is 4.29. The highest BCUT2D eigenvalue weighted by molar-refractivity contribution is 8.13. The normalized spacial score (nSPS) is 10.9. The molecule has 0 aliphatic heterocycles. The van der Waals surface area contributed by atoms with Crippen LogP contribution in [0.25, 0.3) is 6.08 Å². The van der Waals surface area contributed by atoms with Crippen LogP contribution in [0.4, 0.5) is 4.39 Å². The second kappa shape index (κ2) is 5.66. The van der Waals surface area contributed by atoms with Gasteiger partial charge in [-0.25, -0.2) is 4.98 Å². The largest absolute Gasteiger partial charge is 0.288 e. The lowest BCUT2D eigenvalue weighted by atomic mass is 10.2. The van der Waals surface area contributed by atoms with Crippen LogP contribution >= 0.6 is 11.8 Å². The van der Waals surface area contributed by atoms with E-state index < -0.39 is 5.95 Å². The van der Waals surface area contributed by atoms with Crippen LogP contribution in [0.5, 0.6) is 0 Å². The molecule has 15 heavy (non-hydrogen) atoms. The Morgan fingerprint density at radius 1 is 1.67 bits per heavy atom. The molecule has 1 rings (SSSR count). The fourth-order valence-electron chi connectivity index (χ4n) is 1.03. The Balaban J connectivity index is 2.63. The summed E-state index contributed by atoms with van der Waals surface area (Å²) in [6.45, 7) is 3.36. The monoisotopic (exact) mass is 225 g/mol. The number of pyridine rings is 1. The Morgan fingerprint density at radius 2 is 2.40 bits per heavy atom. The third kappa shape index (κ3) is 4.25. The van der Waals surface area contributed by atoms with Gasteiger partial charge >= 0.3 is 0 Å². The lowest BCUT2D eigenvalue weighted by molar-refractivity contribution is -0.109. The molecular weight excluding hydrogens is 213 g/mol. The lowest BCUT2D eigenvalue weighted by Crippen LogP contribution is -1.89. The lowest BCUT2D eigenvalue weighted by Gasteiger charge is -1.97. The maximum absolute atomic E-state index is 13.1. The molecule has 0 fully saturated rings. The first-order chi connectivity index (χ1) is 7.09. The highest BCUT2D eigenvalue weighted by Crippen LogP contribution is 2.10. The fourth-order valence-corrected chi connectivity index (χ4v) is 1.46. The number of hydrogen-bond acceptors (Lipinski definition) is 3. The van der Waals surface area contributed by atoms with Gasteiger partial charge < -0.3 is 0 Å². The molecule has 0 spiro atoms. The van der Waals surface area contributed by atoms with Gasteiger partial charge in [0.05, 0.1) is 0 Å². The van der Waals surface area contributed by atoms with Crippen molar-refractivity contribution in [2.24, 2.45) is 0 Å². The van der Waals surface area contributed by atoms with Gasteiger partial charge in [-0.2, -0.15) is 4.39 Å². The molecule has 80 valence electrons. The quantitative estimate of drug-likeness (QED) is 0.741. The van der Waals surface area contributed by atoms with Crippen LogP contribution in [0.1, 0.15) is 18.1 Å². The van der Waals surface area contributed by atoms with Gasteiger partial charge in [0, 0.05) is 24.4 Å². The minimum absolute atomic E-state index is 0.0579. The number of thioether (sulfide) groups is 1. The molecule has 0 N–H and O–H groups in total. The van der Waals surface area contributed by atoms with E-state index in [2.05, 4.69) is 4.98 Å². The van der Waals surface area contributed by atoms with E-state index in [1.54, 1.807) is 18.2 Å². The molecule has 0 saturated carbocycles. The molecule has 0 unspecified atom stereocenters. The highest BCUT2D eigenvalue weighted by Gasteiger charge is 1.99. The Hall–Kier alpha value is -1.16. The van der Waals surface area contributed by atoms with E-state index in [0.29, 0.717) is 11.3 Å². The third-order valence-corrected chi connectivity index (χ3v) is 2.45. The van der Waals surface area contributed by atoms with Crippen LogP contribution < -0.4 is 0 Å². The van der Waals surface area contributed by atoms with Gasteiger partial charge in [-0.3, -0.25) is 4.79 Å². The summed E-state index contributed by atoms with van der Waals surface area (Å²) in [5.41, 5.74) is 1.37. The van der Waals surface area contributed by atoms with Crippen molar-refractivity contribution < 1.29 is 9.18 Å². The van der Waals surface area contributed by atoms with Crippen molar-refractivity contribution in [3.63, 3.8) is 0 Å². The number of carbonyl (C=O) groups excluding carboxylic acids is 1. The van der Waals surface area contributed by atoms with Gasteiger partial charge in [-0.05, 0) is 18.6 Å². The van der Waals surface area contributed by atoms with Crippen molar-refractivity contribution in [1.29, 1.82) is 0 Å². The maximum Gasteiger partial charge on any atom is 0.220 e. The Labute approximate surface area is 92.6 Å². The molecule has 0 radical (unpaired) electrons. The summed E-state index contributed by atoms with van der Waals surface area (Å²) < 4.78 is 13.1. The molecule has 4 heteroatoms. The number of halogens is 1. The Bertz CT molecular complexity index is 390. The van der Waals surface area contributed by atoms with Gasteiger partial charge in [0.2, 0.25) is 5.95 Å². The van der Waals surface area contributed by atoms with Crippen LogP contribution in [0.3, 0.4) is 0 Å². The van der Waals surface area contributed by atoms with Crippen molar-refractivity contribution in [2.45, 2.75) is 13.8 Å². The molecule has 2 nitrogen and oxygen atoms in total. The summed E-state index contributed by atoms with van der Waals surface area (Å²) in [5, 5.41) is 0.0579. The summed E-state index contributed by atoms with van der Waals surface area (Å²) in [6.07, 6.45) is 4.88. The molecule has 0 amide bonds. The van der Waals surface area contributed by atoms with Crippen LogP contribution in [0, 0.1) is 12.9 Å². The zero-order valence-electron chi connectivity index (χ0n) is 8.66. The summed E-state index contributed by atoms with van der Waals surface area (Å²) in [7, 11) is 0. The molecule has 1 heterocycles. The Morgan fingerprint density at radius 3 is 3.07 bits per heavy atom. The number of nitrogens with zero attached hydrogens (tertiary/aromatic N) is 1. The van der Waals surface area contributed by atoms with E-state index in [1.807, 2.05) is 6.92 Å². The van der Waals surface area contributed by atoms with Gasteiger partial charge in [0.15, 0.2) is 5.12 Å². The van der Waals surface area contributed by atoms with Crippen LogP contribution in [-0.2, 0) is 4.79 Å². The summed E-state index contributed by atoms with van der Waals surface area (Å²) in [6, 6.07) is 1.72. The first-order valence-corrected chi connectivity index (χ1v) is 5.50. The molecule has 0 saturated heterocycles. The van der Waals surface area contributed by atoms with Crippen LogP contribution in [-0.4, -0.2) is 15.9 Å². The van der Waals surface area contributed by atoms with E-state index in [0.717, 1.165) is 5.56 Å². The van der Waals surface area contributed by atoms with Gasteiger partial charge in [-0.15, -0.1) is 0 Å². The second-order valence-electron chi connectivity index (χ2n) is 3.10. The number of aromatic nitrogens is 1. The SMILES string of the molecule is CC(=O)SCC=Cc1cc(C)cnc1F. The van der Waals surface area contributed by atoms with Crippen molar-refractivity contribution >= 4 is 23.0 Å². The zero-order valence-corrected chi connectivity index (χ0v) is 9.47. The number of hydrogen-bond donors (Lipinski definition) is 0. The highest BCUT2D eigenvalue weighted by atomic mass is 32.2. The number of aryl methyl sites for hydroxylation is 1. The molecule has 0 bridgehead atoms. The van der Waals surface area contributed by atoms with E-state index >= 15 is 0 Å². The van der Waals surface area contributed by atoms with Gasteiger partial charge in [-0.1, -0.05) is 23.9 Å². The first-order valence-electron chi connectivity index (χ1n) is 4.51. The maximum atomic E-state index is 13.1.